The molecular formula is C16H13N5O3S2. The second kappa shape index (κ2) is 7.93. The van der Waals surface area contributed by atoms with Crippen molar-refractivity contribution in [1.29, 1.82) is 0 Å². The third-order valence-corrected chi connectivity index (χ3v) is 4.92. The number of pyridine rings is 1. The zero-order valence-corrected chi connectivity index (χ0v) is 14.9. The maximum absolute atomic E-state index is 12.6. The largest absolute Gasteiger partial charge is 0.363 e. The molecule has 1 atom stereocenters. The van der Waals surface area contributed by atoms with E-state index in [0.717, 1.165) is 16.6 Å². The van der Waals surface area contributed by atoms with Crippen molar-refractivity contribution in [3.05, 3.63) is 52.6 Å². The lowest BCUT2D eigenvalue weighted by atomic mass is 10.1. The van der Waals surface area contributed by atoms with Crippen LogP contribution >= 0.6 is 23.1 Å². The summed E-state index contributed by atoms with van der Waals surface area (Å²) in [5, 5.41) is 4.39. The molecule has 3 rings (SSSR count). The molecule has 3 aromatic heterocycles. The molecular weight excluding hydrogens is 374 g/mol. The van der Waals surface area contributed by atoms with Gasteiger partial charge >= 0.3 is 0 Å². The maximum Gasteiger partial charge on any atom is 0.287 e. The molecule has 0 aliphatic carbocycles. The Kier molecular flexibility index (Phi) is 5.44. The number of hydrogen-bond acceptors (Lipinski definition) is 8. The van der Waals surface area contributed by atoms with Gasteiger partial charge in [0.05, 0.1) is 11.7 Å². The zero-order valence-electron chi connectivity index (χ0n) is 13.3. The topological polar surface area (TPSA) is 128 Å². The van der Waals surface area contributed by atoms with Crippen molar-refractivity contribution >= 4 is 40.7 Å². The maximum atomic E-state index is 12.6. The number of hydrogen-bond donors (Lipinski definition) is 2. The lowest BCUT2D eigenvalue weighted by molar-refractivity contribution is -0.137. The van der Waals surface area contributed by atoms with E-state index in [1.807, 2.05) is 17.5 Å². The van der Waals surface area contributed by atoms with Crippen molar-refractivity contribution in [3.8, 4) is 11.3 Å². The minimum Gasteiger partial charge on any atom is -0.363 e. The molecule has 0 aliphatic heterocycles. The zero-order chi connectivity index (χ0) is 18.5. The Hall–Kier alpha value is -2.98. The summed E-state index contributed by atoms with van der Waals surface area (Å²) in [5.41, 5.74) is 6.17. The average Bonchev–Trinajstić information content (AvgIpc) is 3.32. The van der Waals surface area contributed by atoms with Gasteiger partial charge in [-0.25, -0.2) is 0 Å². The van der Waals surface area contributed by atoms with Crippen molar-refractivity contribution in [1.82, 2.24) is 19.0 Å². The number of aromatic nitrogens is 3. The van der Waals surface area contributed by atoms with Crippen LogP contribution in [-0.2, 0) is 16.0 Å². The van der Waals surface area contributed by atoms with Gasteiger partial charge in [0.1, 0.15) is 11.7 Å². The van der Waals surface area contributed by atoms with E-state index in [0.29, 0.717) is 11.3 Å². The molecule has 0 saturated carbocycles. The standard InChI is InChI=1S/C16H13N5O3S2/c17-15(23)14(22)11(7-10-4-2-6-25-10)19-16(24)13-12(20-26-21-13)9-3-1-5-18-8-9/h1-6,8,11H,7H2,(H2,17,23)(H,19,24). The summed E-state index contributed by atoms with van der Waals surface area (Å²) >= 11 is 2.29. The molecule has 0 aromatic carbocycles. The minimum absolute atomic E-state index is 0.0662. The third-order valence-electron chi connectivity index (χ3n) is 3.49. The second-order valence-corrected chi connectivity index (χ2v) is 6.80. The Bertz CT molecular complexity index is 925. The fourth-order valence-electron chi connectivity index (χ4n) is 2.27. The average molecular weight is 387 g/mol. The first kappa shape index (κ1) is 17.8. The summed E-state index contributed by atoms with van der Waals surface area (Å²) in [6.45, 7) is 0. The molecule has 1 unspecified atom stereocenters. The van der Waals surface area contributed by atoms with E-state index in [9.17, 15) is 14.4 Å². The molecule has 0 aliphatic rings. The molecule has 0 saturated heterocycles. The van der Waals surface area contributed by atoms with Crippen molar-refractivity contribution in [2.24, 2.45) is 5.73 Å². The van der Waals surface area contributed by atoms with Crippen molar-refractivity contribution < 1.29 is 14.4 Å². The highest BCUT2D eigenvalue weighted by atomic mass is 32.1. The highest BCUT2D eigenvalue weighted by molar-refractivity contribution is 7.09. The van der Waals surface area contributed by atoms with Crippen LogP contribution in [0.25, 0.3) is 11.3 Å². The minimum atomic E-state index is -1.10. The van der Waals surface area contributed by atoms with Gasteiger partial charge in [-0.1, -0.05) is 6.07 Å². The Morgan fingerprint density at radius 3 is 2.69 bits per heavy atom. The highest BCUT2D eigenvalue weighted by Crippen LogP contribution is 2.21. The van der Waals surface area contributed by atoms with E-state index in [2.05, 4.69) is 19.0 Å². The second-order valence-electron chi connectivity index (χ2n) is 5.24. The number of ketones is 1. The number of carbonyl (C=O) groups excluding carboxylic acids is 3. The normalized spacial score (nSPS) is 11.7. The highest BCUT2D eigenvalue weighted by Gasteiger charge is 2.28. The SMILES string of the molecule is NC(=O)C(=O)C(Cc1cccs1)NC(=O)c1nsnc1-c1cccnc1. The molecule has 3 N–H and O–H groups in total. The summed E-state index contributed by atoms with van der Waals surface area (Å²) in [5.74, 6) is -2.57. The Morgan fingerprint density at radius 1 is 1.19 bits per heavy atom. The van der Waals surface area contributed by atoms with Crippen LogP contribution in [0.1, 0.15) is 15.4 Å². The quantitative estimate of drug-likeness (QED) is 0.583. The van der Waals surface area contributed by atoms with Crippen molar-refractivity contribution in [2.45, 2.75) is 12.5 Å². The molecule has 8 nitrogen and oxygen atoms in total. The lowest BCUT2D eigenvalue weighted by Gasteiger charge is -2.15. The van der Waals surface area contributed by atoms with E-state index in [4.69, 9.17) is 5.73 Å². The number of primary amides is 1. The van der Waals surface area contributed by atoms with E-state index >= 15 is 0 Å². The van der Waals surface area contributed by atoms with Crippen LogP contribution in [0.3, 0.4) is 0 Å². The third kappa shape index (κ3) is 3.98. The Morgan fingerprint density at radius 2 is 2.04 bits per heavy atom. The van der Waals surface area contributed by atoms with Crippen LogP contribution in [0.5, 0.6) is 0 Å². The first-order valence-electron chi connectivity index (χ1n) is 7.46. The van der Waals surface area contributed by atoms with E-state index in [1.54, 1.807) is 24.5 Å². The van der Waals surface area contributed by atoms with Gasteiger partial charge in [-0.15, -0.1) is 11.3 Å². The smallest absolute Gasteiger partial charge is 0.287 e. The molecule has 10 heteroatoms. The van der Waals surface area contributed by atoms with Gasteiger partial charge in [0.25, 0.3) is 11.8 Å². The van der Waals surface area contributed by atoms with Crippen LogP contribution in [0.2, 0.25) is 0 Å². The van der Waals surface area contributed by atoms with Gasteiger partial charge in [0, 0.05) is 29.3 Å². The molecule has 2 amide bonds. The van der Waals surface area contributed by atoms with Gasteiger partial charge in [-0.2, -0.15) is 8.75 Å². The predicted octanol–water partition coefficient (Wildman–Crippen LogP) is 1.06. The Labute approximate surface area is 156 Å². The summed E-state index contributed by atoms with van der Waals surface area (Å²) in [6.07, 6.45) is 3.34. The van der Waals surface area contributed by atoms with Crippen LogP contribution in [0.15, 0.2) is 42.0 Å². The van der Waals surface area contributed by atoms with Gasteiger partial charge < -0.3 is 11.1 Å². The van der Waals surface area contributed by atoms with Gasteiger partial charge in [-0.05, 0) is 23.6 Å². The molecule has 0 spiro atoms. The number of nitrogens with zero attached hydrogens (tertiary/aromatic N) is 3. The van der Waals surface area contributed by atoms with Crippen LogP contribution in [-0.4, -0.2) is 37.4 Å². The van der Waals surface area contributed by atoms with E-state index in [1.165, 1.54) is 11.3 Å². The van der Waals surface area contributed by atoms with Crippen molar-refractivity contribution in [3.63, 3.8) is 0 Å². The monoisotopic (exact) mass is 387 g/mol. The van der Waals surface area contributed by atoms with Gasteiger partial charge in [0.15, 0.2) is 5.69 Å². The molecule has 3 aromatic rings. The summed E-state index contributed by atoms with van der Waals surface area (Å²) in [7, 11) is 0. The van der Waals surface area contributed by atoms with Crippen LogP contribution in [0.4, 0.5) is 0 Å². The Balaban J connectivity index is 1.83. The molecule has 0 bridgehead atoms. The molecule has 3 heterocycles. The molecule has 26 heavy (non-hydrogen) atoms. The summed E-state index contributed by atoms with van der Waals surface area (Å²) < 4.78 is 8.14. The van der Waals surface area contributed by atoms with E-state index in [-0.39, 0.29) is 12.1 Å². The summed E-state index contributed by atoms with van der Waals surface area (Å²) in [6, 6.07) is 6.02. The number of nitrogens with one attached hydrogen (secondary N) is 1. The fraction of sp³-hybridized carbons (Fsp3) is 0.125. The fourth-order valence-corrected chi connectivity index (χ4v) is 3.58. The first-order valence-corrected chi connectivity index (χ1v) is 9.07. The molecule has 0 radical (unpaired) electrons. The first-order chi connectivity index (χ1) is 12.6. The predicted molar refractivity (Wildman–Crippen MR) is 96.6 cm³/mol. The number of amides is 2. The number of Topliss-reactive ketones (excluding diaryl/α,β-unsaturated/α-hetero) is 1. The molecule has 132 valence electrons. The van der Waals surface area contributed by atoms with Gasteiger partial charge in [0.2, 0.25) is 5.78 Å². The summed E-state index contributed by atoms with van der Waals surface area (Å²) in [4.78, 5) is 40.9. The van der Waals surface area contributed by atoms with Crippen LogP contribution < -0.4 is 11.1 Å². The van der Waals surface area contributed by atoms with Crippen molar-refractivity contribution in [2.75, 3.05) is 0 Å². The number of rotatable bonds is 7. The molecule has 0 fully saturated rings. The van der Waals surface area contributed by atoms with E-state index < -0.39 is 23.6 Å². The lowest BCUT2D eigenvalue weighted by Crippen LogP contribution is -2.47. The number of thiophene rings is 1. The van der Waals surface area contributed by atoms with Gasteiger partial charge in [-0.3, -0.25) is 19.4 Å². The van der Waals surface area contributed by atoms with Crippen LogP contribution in [0, 0.1) is 0 Å². The number of carbonyl (C=O) groups is 3. The number of nitrogens with two attached hydrogens (primary N) is 1.